The van der Waals surface area contributed by atoms with Gasteiger partial charge in [-0.3, -0.25) is 9.69 Å². The average Bonchev–Trinajstić information content (AvgIpc) is 2.61. The van der Waals surface area contributed by atoms with Crippen LogP contribution in [0.5, 0.6) is 0 Å². The van der Waals surface area contributed by atoms with Gasteiger partial charge in [-0.2, -0.15) is 0 Å². The molecule has 0 atom stereocenters. The number of benzene rings is 1. The number of rotatable bonds is 2. The number of aromatic carboxylic acids is 1. The van der Waals surface area contributed by atoms with E-state index in [2.05, 4.69) is 10.3 Å². The van der Waals surface area contributed by atoms with Gasteiger partial charge in [0.05, 0.1) is 5.56 Å². The van der Waals surface area contributed by atoms with Gasteiger partial charge in [-0.15, -0.1) is 0 Å². The maximum Gasteiger partial charge on any atom is 0.335 e. The number of anilines is 1. The Kier molecular flexibility index (Phi) is 2.78. The topological polar surface area (TPSA) is 82.0 Å². The Bertz CT molecular complexity index is 510. The average molecular weight is 233 g/mol. The first-order valence-corrected chi connectivity index (χ1v) is 4.99. The number of carbonyl (C=O) groups is 2. The van der Waals surface area contributed by atoms with Crippen LogP contribution in [-0.4, -0.2) is 41.4 Å². The second-order valence-electron chi connectivity index (χ2n) is 3.60. The van der Waals surface area contributed by atoms with Crippen LogP contribution in [-0.2, 0) is 4.79 Å². The summed E-state index contributed by atoms with van der Waals surface area (Å²) >= 11 is 0. The highest BCUT2D eigenvalue weighted by Crippen LogP contribution is 2.12. The lowest BCUT2D eigenvalue weighted by Gasteiger charge is -2.13. The van der Waals surface area contributed by atoms with Crippen molar-refractivity contribution in [3.63, 3.8) is 0 Å². The molecule has 1 aromatic rings. The van der Waals surface area contributed by atoms with Crippen LogP contribution in [0.25, 0.3) is 0 Å². The number of amides is 1. The molecule has 1 aliphatic rings. The van der Waals surface area contributed by atoms with Gasteiger partial charge >= 0.3 is 5.97 Å². The van der Waals surface area contributed by atoms with Crippen LogP contribution >= 0.6 is 0 Å². The van der Waals surface area contributed by atoms with Crippen molar-refractivity contribution in [2.75, 3.05) is 18.9 Å². The molecular weight excluding hydrogens is 222 g/mol. The van der Waals surface area contributed by atoms with Gasteiger partial charge in [0, 0.05) is 12.7 Å². The maximum atomic E-state index is 11.2. The molecule has 1 heterocycles. The van der Waals surface area contributed by atoms with Crippen molar-refractivity contribution in [3.8, 4) is 0 Å². The van der Waals surface area contributed by atoms with Crippen molar-refractivity contribution in [2.45, 2.75) is 0 Å². The van der Waals surface area contributed by atoms with Gasteiger partial charge in [-0.05, 0) is 18.2 Å². The predicted octanol–water partition coefficient (Wildman–Crippen LogP) is 0.625. The lowest BCUT2D eigenvalue weighted by molar-refractivity contribution is -0.123. The lowest BCUT2D eigenvalue weighted by atomic mass is 10.2. The summed E-state index contributed by atoms with van der Waals surface area (Å²) in [4.78, 5) is 27.4. The van der Waals surface area contributed by atoms with E-state index in [0.717, 1.165) is 0 Å². The number of carboxylic acids is 1. The Balaban J connectivity index is 2.17. The van der Waals surface area contributed by atoms with Crippen molar-refractivity contribution in [1.82, 2.24) is 4.90 Å². The SMILES string of the molecule is CN1C(=O)CN=C1Nc1cccc(C(=O)O)c1. The molecule has 0 saturated carbocycles. The lowest BCUT2D eigenvalue weighted by Crippen LogP contribution is -2.33. The molecule has 0 bridgehead atoms. The van der Waals surface area contributed by atoms with Gasteiger partial charge in [-0.25, -0.2) is 9.79 Å². The van der Waals surface area contributed by atoms with Crippen molar-refractivity contribution in [1.29, 1.82) is 0 Å². The van der Waals surface area contributed by atoms with Crippen LogP contribution in [0.3, 0.4) is 0 Å². The summed E-state index contributed by atoms with van der Waals surface area (Å²) in [7, 11) is 1.61. The first-order chi connectivity index (χ1) is 8.08. The smallest absolute Gasteiger partial charge is 0.335 e. The number of nitrogens with zero attached hydrogens (tertiary/aromatic N) is 2. The molecule has 0 aromatic heterocycles. The largest absolute Gasteiger partial charge is 0.478 e. The number of guanidine groups is 1. The Labute approximate surface area is 97.6 Å². The second-order valence-corrected chi connectivity index (χ2v) is 3.60. The Hall–Kier alpha value is -2.37. The number of hydrogen-bond acceptors (Lipinski definition) is 4. The van der Waals surface area contributed by atoms with Crippen LogP contribution in [0.4, 0.5) is 5.69 Å². The van der Waals surface area contributed by atoms with Gasteiger partial charge < -0.3 is 10.4 Å². The monoisotopic (exact) mass is 233 g/mol. The van der Waals surface area contributed by atoms with Crippen LogP contribution in [0.2, 0.25) is 0 Å². The molecule has 1 amide bonds. The van der Waals surface area contributed by atoms with E-state index in [-0.39, 0.29) is 18.0 Å². The third kappa shape index (κ3) is 2.25. The summed E-state index contributed by atoms with van der Waals surface area (Å²) < 4.78 is 0. The molecule has 0 unspecified atom stereocenters. The minimum Gasteiger partial charge on any atom is -0.478 e. The molecule has 0 radical (unpaired) electrons. The standard InChI is InChI=1S/C11H11N3O3/c1-14-9(15)6-12-11(14)13-8-4-2-3-7(5-8)10(16)17/h2-5H,6H2,1H3,(H,12,13)(H,16,17). The fourth-order valence-corrected chi connectivity index (χ4v) is 1.46. The number of carbonyl (C=O) groups excluding carboxylic acids is 1. The summed E-state index contributed by atoms with van der Waals surface area (Å²) in [5.41, 5.74) is 0.771. The molecule has 6 heteroatoms. The van der Waals surface area contributed by atoms with Gasteiger partial charge in [0.25, 0.3) is 5.91 Å². The second kappa shape index (κ2) is 4.25. The normalized spacial score (nSPS) is 14.8. The highest BCUT2D eigenvalue weighted by Gasteiger charge is 2.21. The van der Waals surface area contributed by atoms with Gasteiger partial charge in [-0.1, -0.05) is 6.07 Å². The van der Waals surface area contributed by atoms with Crippen molar-refractivity contribution >= 4 is 23.5 Å². The highest BCUT2D eigenvalue weighted by atomic mass is 16.4. The molecule has 2 N–H and O–H groups in total. The molecule has 6 nitrogen and oxygen atoms in total. The maximum absolute atomic E-state index is 11.2. The zero-order chi connectivity index (χ0) is 12.4. The van der Waals surface area contributed by atoms with Gasteiger partial charge in [0.15, 0.2) is 0 Å². The minimum atomic E-state index is -0.994. The van der Waals surface area contributed by atoms with Crippen LogP contribution in [0, 0.1) is 0 Å². The summed E-state index contributed by atoms with van der Waals surface area (Å²) in [5, 5.41) is 11.7. The molecule has 0 spiro atoms. The molecule has 0 aliphatic carbocycles. The summed E-state index contributed by atoms with van der Waals surface area (Å²) in [6.07, 6.45) is 0. The van der Waals surface area contributed by atoms with Gasteiger partial charge in [0.1, 0.15) is 6.54 Å². The van der Waals surface area contributed by atoms with Crippen LogP contribution < -0.4 is 5.32 Å². The molecule has 1 aromatic carbocycles. The van der Waals surface area contributed by atoms with Crippen LogP contribution in [0.1, 0.15) is 10.4 Å². The fraction of sp³-hybridized carbons (Fsp3) is 0.182. The predicted molar refractivity (Wildman–Crippen MR) is 62.1 cm³/mol. The van der Waals surface area contributed by atoms with Crippen molar-refractivity contribution < 1.29 is 14.7 Å². The number of nitrogens with one attached hydrogen (secondary N) is 1. The third-order valence-corrected chi connectivity index (χ3v) is 2.42. The third-order valence-electron chi connectivity index (χ3n) is 2.42. The molecule has 1 aliphatic heterocycles. The van der Waals surface area contributed by atoms with E-state index < -0.39 is 5.97 Å². The Morgan fingerprint density at radius 2 is 2.29 bits per heavy atom. The summed E-state index contributed by atoms with van der Waals surface area (Å²) in [6.45, 7) is 0.122. The van der Waals surface area contributed by atoms with E-state index >= 15 is 0 Å². The quantitative estimate of drug-likeness (QED) is 0.784. The molecule has 88 valence electrons. The van der Waals surface area contributed by atoms with E-state index in [0.29, 0.717) is 11.6 Å². The molecular formula is C11H11N3O3. The molecule has 0 fully saturated rings. The molecule has 0 saturated heterocycles. The summed E-state index contributed by atoms with van der Waals surface area (Å²) in [6, 6.07) is 6.33. The number of aliphatic imine (C=N–C) groups is 1. The van der Waals surface area contributed by atoms with E-state index in [1.54, 1.807) is 19.2 Å². The van der Waals surface area contributed by atoms with Crippen molar-refractivity contribution in [3.05, 3.63) is 29.8 Å². The molecule has 2 rings (SSSR count). The molecule has 17 heavy (non-hydrogen) atoms. The summed E-state index contributed by atoms with van der Waals surface area (Å²) in [5.74, 6) is -0.661. The zero-order valence-electron chi connectivity index (χ0n) is 9.17. The first kappa shape index (κ1) is 11.1. The van der Waals surface area contributed by atoms with E-state index in [4.69, 9.17) is 5.11 Å². The Morgan fingerprint density at radius 3 is 2.88 bits per heavy atom. The first-order valence-electron chi connectivity index (χ1n) is 4.99. The number of hydrogen-bond donors (Lipinski definition) is 2. The van der Waals surface area contributed by atoms with Crippen molar-refractivity contribution in [2.24, 2.45) is 4.99 Å². The minimum absolute atomic E-state index is 0.0955. The number of carboxylic acid groups (broad SMARTS) is 1. The van der Waals surface area contributed by atoms with E-state index in [9.17, 15) is 9.59 Å². The van der Waals surface area contributed by atoms with Gasteiger partial charge in [0.2, 0.25) is 5.96 Å². The Morgan fingerprint density at radius 1 is 1.53 bits per heavy atom. The van der Waals surface area contributed by atoms with E-state index in [1.165, 1.54) is 17.0 Å². The van der Waals surface area contributed by atoms with Crippen LogP contribution in [0.15, 0.2) is 29.3 Å². The fourth-order valence-electron chi connectivity index (χ4n) is 1.46. The van der Waals surface area contributed by atoms with E-state index in [1.807, 2.05) is 0 Å². The number of likely N-dealkylation sites (N-methyl/N-ethyl adjacent to an activating group) is 1. The highest BCUT2D eigenvalue weighted by molar-refractivity contribution is 6.08. The zero-order valence-corrected chi connectivity index (χ0v) is 9.17.